The number of nitrogens with zero attached hydrogens (tertiary/aromatic N) is 1. The molecule has 0 unspecified atom stereocenters. The largest absolute Gasteiger partial charge is 0.345 e. The summed E-state index contributed by atoms with van der Waals surface area (Å²) in [5, 5.41) is 0. The summed E-state index contributed by atoms with van der Waals surface area (Å²) in [7, 11) is 1.68. The number of aromatic nitrogens is 2. The average molecular weight is 257 g/mol. The van der Waals surface area contributed by atoms with Gasteiger partial charge in [-0.25, -0.2) is 13.4 Å². The first kappa shape index (κ1) is 11.2. The lowest BCUT2D eigenvalue weighted by atomic mass is 10.1. The van der Waals surface area contributed by atoms with Crippen molar-refractivity contribution in [2.24, 2.45) is 0 Å². The van der Waals surface area contributed by atoms with Crippen molar-refractivity contribution in [2.75, 3.05) is 0 Å². The molecule has 1 aromatic heterocycles. The zero-order valence-electron chi connectivity index (χ0n) is 8.22. The fraction of sp³-hybridized carbons (Fsp3) is 0.100. The first-order chi connectivity index (χ1) is 7.56. The van der Waals surface area contributed by atoms with Crippen LogP contribution in [0.5, 0.6) is 0 Å². The van der Waals surface area contributed by atoms with Gasteiger partial charge in [-0.2, -0.15) is 0 Å². The van der Waals surface area contributed by atoms with E-state index in [9.17, 15) is 8.42 Å². The minimum Gasteiger partial charge on any atom is -0.345 e. The Labute approximate surface area is 97.7 Å². The van der Waals surface area contributed by atoms with Crippen LogP contribution in [-0.4, -0.2) is 18.4 Å². The second kappa shape index (κ2) is 4.27. The van der Waals surface area contributed by atoms with E-state index in [4.69, 9.17) is 10.7 Å². The number of imidazole rings is 1. The Balaban J connectivity index is 2.47. The minimum absolute atomic E-state index is 0.203. The quantitative estimate of drug-likeness (QED) is 0.856. The molecule has 0 amide bonds. The number of nitrogens with one attached hydrogen (secondary N) is 1. The number of hydrogen-bond acceptors (Lipinski definition) is 3. The Morgan fingerprint density at radius 3 is 2.69 bits per heavy atom. The number of aromatic amines is 1. The molecule has 0 spiro atoms. The molecule has 1 aromatic carbocycles. The topological polar surface area (TPSA) is 62.8 Å². The molecule has 16 heavy (non-hydrogen) atoms. The molecule has 0 fully saturated rings. The van der Waals surface area contributed by atoms with Crippen molar-refractivity contribution in [3.05, 3.63) is 42.2 Å². The van der Waals surface area contributed by atoms with Gasteiger partial charge in [0.1, 0.15) is 5.82 Å². The summed E-state index contributed by atoms with van der Waals surface area (Å²) in [6, 6.07) is 7.11. The summed E-state index contributed by atoms with van der Waals surface area (Å²) >= 11 is 0. The van der Waals surface area contributed by atoms with E-state index in [1.165, 1.54) is 0 Å². The smallest absolute Gasteiger partial charge is 0.236 e. The van der Waals surface area contributed by atoms with Gasteiger partial charge in [0.25, 0.3) is 0 Å². The van der Waals surface area contributed by atoms with Gasteiger partial charge in [-0.1, -0.05) is 24.3 Å². The van der Waals surface area contributed by atoms with Crippen molar-refractivity contribution in [1.29, 1.82) is 0 Å². The fourth-order valence-electron chi connectivity index (χ4n) is 1.48. The van der Waals surface area contributed by atoms with Crippen LogP contribution in [0.1, 0.15) is 5.56 Å². The molecule has 0 aliphatic heterocycles. The highest BCUT2D eigenvalue weighted by atomic mass is 35.7. The van der Waals surface area contributed by atoms with Gasteiger partial charge >= 0.3 is 0 Å². The summed E-state index contributed by atoms with van der Waals surface area (Å²) in [5.41, 5.74) is 1.38. The Kier molecular flexibility index (Phi) is 2.98. The Bertz CT molecular complexity index is 579. The standard InChI is InChI=1S/C10H9ClN2O2S/c11-16(14,15)7-8-3-1-2-4-9(8)10-12-5-6-13-10/h1-6H,7H2,(H,12,13). The van der Waals surface area contributed by atoms with Gasteiger partial charge in [0, 0.05) is 28.6 Å². The van der Waals surface area contributed by atoms with Crippen LogP contribution in [0.2, 0.25) is 0 Å². The van der Waals surface area contributed by atoms with Gasteiger partial charge in [0.2, 0.25) is 9.05 Å². The van der Waals surface area contributed by atoms with E-state index < -0.39 is 9.05 Å². The molecule has 0 bridgehead atoms. The third-order valence-corrected chi connectivity index (χ3v) is 3.08. The number of hydrogen-bond donors (Lipinski definition) is 1. The lowest BCUT2D eigenvalue weighted by Gasteiger charge is -2.04. The van der Waals surface area contributed by atoms with Crippen molar-refractivity contribution in [3.8, 4) is 11.4 Å². The van der Waals surface area contributed by atoms with E-state index in [0.29, 0.717) is 11.4 Å². The Hall–Kier alpha value is -1.33. The second-order valence-corrected chi connectivity index (χ2v) is 6.06. The van der Waals surface area contributed by atoms with Crippen molar-refractivity contribution in [1.82, 2.24) is 9.97 Å². The molecule has 0 radical (unpaired) electrons. The molecule has 0 atom stereocenters. The first-order valence-electron chi connectivity index (χ1n) is 4.56. The molecule has 0 saturated heterocycles. The van der Waals surface area contributed by atoms with Crippen LogP contribution in [-0.2, 0) is 14.8 Å². The summed E-state index contributed by atoms with van der Waals surface area (Å²) in [6.07, 6.45) is 3.29. The third kappa shape index (κ3) is 2.62. The first-order valence-corrected chi connectivity index (χ1v) is 7.04. The molecule has 4 nitrogen and oxygen atoms in total. The summed E-state index contributed by atoms with van der Waals surface area (Å²) in [6.45, 7) is 0. The van der Waals surface area contributed by atoms with Gasteiger partial charge < -0.3 is 4.98 Å². The van der Waals surface area contributed by atoms with Crippen LogP contribution in [0.15, 0.2) is 36.7 Å². The van der Waals surface area contributed by atoms with Crippen molar-refractivity contribution < 1.29 is 8.42 Å². The molecule has 1 N–H and O–H groups in total. The normalized spacial score (nSPS) is 11.6. The monoisotopic (exact) mass is 256 g/mol. The third-order valence-electron chi connectivity index (χ3n) is 2.10. The zero-order valence-corrected chi connectivity index (χ0v) is 9.79. The molecule has 2 rings (SSSR count). The predicted octanol–water partition coefficient (Wildman–Crippen LogP) is 2.15. The maximum absolute atomic E-state index is 11.1. The highest BCUT2D eigenvalue weighted by Gasteiger charge is 2.12. The SMILES string of the molecule is O=S(=O)(Cl)Cc1ccccc1-c1ncc[nH]1. The van der Waals surface area contributed by atoms with Crippen LogP contribution in [0.25, 0.3) is 11.4 Å². The van der Waals surface area contributed by atoms with Crippen molar-refractivity contribution in [3.63, 3.8) is 0 Å². The number of halogens is 1. The molecule has 6 heteroatoms. The maximum atomic E-state index is 11.1. The summed E-state index contributed by atoms with van der Waals surface area (Å²) in [4.78, 5) is 7.01. The molecule has 1 heterocycles. The molecular formula is C10H9ClN2O2S. The van der Waals surface area contributed by atoms with Gasteiger partial charge in [0.05, 0.1) is 5.75 Å². The molecule has 0 aliphatic rings. The molecular weight excluding hydrogens is 248 g/mol. The second-order valence-electron chi connectivity index (χ2n) is 3.28. The maximum Gasteiger partial charge on any atom is 0.236 e. The highest BCUT2D eigenvalue weighted by Crippen LogP contribution is 2.22. The van der Waals surface area contributed by atoms with E-state index in [2.05, 4.69) is 9.97 Å². The number of benzene rings is 1. The van der Waals surface area contributed by atoms with Crippen molar-refractivity contribution in [2.45, 2.75) is 5.75 Å². The lowest BCUT2D eigenvalue weighted by Crippen LogP contribution is -1.98. The van der Waals surface area contributed by atoms with Gasteiger partial charge in [-0.15, -0.1) is 0 Å². The average Bonchev–Trinajstić information content (AvgIpc) is 2.69. The highest BCUT2D eigenvalue weighted by molar-refractivity contribution is 8.13. The lowest BCUT2D eigenvalue weighted by molar-refractivity contribution is 0.609. The van der Waals surface area contributed by atoms with E-state index in [0.717, 1.165) is 5.56 Å². The van der Waals surface area contributed by atoms with Gasteiger partial charge in [-0.3, -0.25) is 0 Å². The van der Waals surface area contributed by atoms with Crippen LogP contribution >= 0.6 is 10.7 Å². The summed E-state index contributed by atoms with van der Waals surface area (Å²) < 4.78 is 22.1. The Morgan fingerprint density at radius 1 is 1.31 bits per heavy atom. The van der Waals surface area contributed by atoms with Crippen LogP contribution < -0.4 is 0 Å². The minimum atomic E-state index is -3.56. The van der Waals surface area contributed by atoms with E-state index in [-0.39, 0.29) is 5.75 Å². The van der Waals surface area contributed by atoms with Gasteiger partial charge in [-0.05, 0) is 5.56 Å². The summed E-state index contributed by atoms with van der Waals surface area (Å²) in [5.74, 6) is 0.432. The van der Waals surface area contributed by atoms with Crippen molar-refractivity contribution >= 4 is 19.7 Å². The fourth-order valence-corrected chi connectivity index (χ4v) is 2.45. The Morgan fingerprint density at radius 2 is 2.06 bits per heavy atom. The van der Waals surface area contributed by atoms with E-state index >= 15 is 0 Å². The van der Waals surface area contributed by atoms with E-state index in [1.54, 1.807) is 30.6 Å². The zero-order chi connectivity index (χ0) is 11.6. The molecule has 0 aliphatic carbocycles. The van der Waals surface area contributed by atoms with Crippen LogP contribution in [0, 0.1) is 0 Å². The molecule has 2 aromatic rings. The number of H-pyrrole nitrogens is 1. The predicted molar refractivity (Wildman–Crippen MR) is 62.5 cm³/mol. The number of rotatable bonds is 3. The molecule has 0 saturated carbocycles. The van der Waals surface area contributed by atoms with Crippen LogP contribution in [0.3, 0.4) is 0 Å². The van der Waals surface area contributed by atoms with E-state index in [1.807, 2.05) is 6.07 Å². The van der Waals surface area contributed by atoms with Gasteiger partial charge in [0.15, 0.2) is 0 Å². The molecule has 84 valence electrons. The van der Waals surface area contributed by atoms with Crippen LogP contribution in [0.4, 0.5) is 0 Å².